The third-order valence-corrected chi connectivity index (χ3v) is 3.09. The lowest BCUT2D eigenvalue weighted by Crippen LogP contribution is -2.39. The van der Waals surface area contributed by atoms with E-state index in [1.165, 1.54) is 24.3 Å². The molecule has 6 nitrogen and oxygen atoms in total. The number of benzene rings is 1. The Hall–Kier alpha value is -2.80. The van der Waals surface area contributed by atoms with Crippen molar-refractivity contribution < 1.29 is 19.1 Å². The summed E-state index contributed by atoms with van der Waals surface area (Å²) in [5.74, 6) is -2.00. The van der Waals surface area contributed by atoms with E-state index in [1.807, 2.05) is 0 Å². The summed E-state index contributed by atoms with van der Waals surface area (Å²) >= 11 is 0. The minimum atomic E-state index is -1.12. The number of carboxylic acids is 1. The van der Waals surface area contributed by atoms with Gasteiger partial charge in [-0.25, -0.2) is 4.39 Å². The monoisotopic (exact) mass is 317 g/mol. The topological polar surface area (TPSA) is 91.3 Å². The van der Waals surface area contributed by atoms with E-state index in [0.717, 1.165) is 5.56 Å². The van der Waals surface area contributed by atoms with Crippen LogP contribution in [0.15, 0.2) is 48.8 Å². The van der Waals surface area contributed by atoms with Gasteiger partial charge in [-0.15, -0.1) is 0 Å². The summed E-state index contributed by atoms with van der Waals surface area (Å²) < 4.78 is 12.8. The molecule has 0 radical (unpaired) electrons. The van der Waals surface area contributed by atoms with Gasteiger partial charge in [-0.05, 0) is 35.9 Å². The Morgan fingerprint density at radius 2 is 1.96 bits per heavy atom. The molecule has 2 rings (SSSR count). The normalized spacial score (nSPS) is 11.7. The molecule has 3 N–H and O–H groups in total. The molecule has 0 saturated carbocycles. The second-order valence-electron chi connectivity index (χ2n) is 4.89. The molecule has 0 aliphatic rings. The minimum Gasteiger partial charge on any atom is -0.480 e. The zero-order chi connectivity index (χ0) is 16.7. The molecule has 120 valence electrons. The highest BCUT2D eigenvalue weighted by atomic mass is 19.1. The number of carboxylic acid groups (broad SMARTS) is 1. The van der Waals surface area contributed by atoms with Gasteiger partial charge >= 0.3 is 5.97 Å². The zero-order valence-corrected chi connectivity index (χ0v) is 12.2. The fourth-order valence-electron chi connectivity index (χ4n) is 1.92. The van der Waals surface area contributed by atoms with Crippen molar-refractivity contribution in [1.82, 2.24) is 10.3 Å². The lowest BCUT2D eigenvalue weighted by Gasteiger charge is -2.14. The number of carbonyl (C=O) groups is 2. The number of hydrogen-bond acceptors (Lipinski definition) is 4. The molecular weight excluding hydrogens is 301 g/mol. The van der Waals surface area contributed by atoms with E-state index >= 15 is 0 Å². The van der Waals surface area contributed by atoms with Crippen LogP contribution in [-0.2, 0) is 16.1 Å². The van der Waals surface area contributed by atoms with E-state index < -0.39 is 23.7 Å². The molecule has 1 amide bonds. The van der Waals surface area contributed by atoms with Crippen LogP contribution in [0, 0.1) is 5.82 Å². The van der Waals surface area contributed by atoms with E-state index in [2.05, 4.69) is 15.6 Å². The second kappa shape index (κ2) is 8.00. The van der Waals surface area contributed by atoms with Gasteiger partial charge in [0.05, 0.1) is 6.42 Å². The number of nitrogens with one attached hydrogen (secondary N) is 2. The fraction of sp³-hybridized carbons (Fsp3) is 0.188. The fourth-order valence-corrected chi connectivity index (χ4v) is 1.92. The van der Waals surface area contributed by atoms with Crippen LogP contribution >= 0.6 is 0 Å². The van der Waals surface area contributed by atoms with Crippen LogP contribution in [0.25, 0.3) is 0 Å². The summed E-state index contributed by atoms with van der Waals surface area (Å²) in [6.45, 7) is 0.286. The summed E-state index contributed by atoms with van der Waals surface area (Å²) in [6.07, 6.45) is 2.99. The van der Waals surface area contributed by atoms with Gasteiger partial charge in [0, 0.05) is 24.6 Å². The maximum Gasteiger partial charge on any atom is 0.321 e. The summed E-state index contributed by atoms with van der Waals surface area (Å²) in [5.41, 5.74) is 1.23. The number of aliphatic carboxylic acids is 1. The third kappa shape index (κ3) is 5.48. The first-order valence-electron chi connectivity index (χ1n) is 6.95. The van der Waals surface area contributed by atoms with E-state index in [9.17, 15) is 19.1 Å². The van der Waals surface area contributed by atoms with Crippen molar-refractivity contribution >= 4 is 17.6 Å². The van der Waals surface area contributed by atoms with Crippen molar-refractivity contribution in [3.63, 3.8) is 0 Å². The molecule has 0 aliphatic heterocycles. The van der Waals surface area contributed by atoms with Crippen LogP contribution in [-0.4, -0.2) is 28.0 Å². The average Bonchev–Trinajstić information content (AvgIpc) is 2.54. The Morgan fingerprint density at radius 3 is 2.57 bits per heavy atom. The van der Waals surface area contributed by atoms with Gasteiger partial charge < -0.3 is 10.4 Å². The number of amides is 1. The number of hydrogen-bond donors (Lipinski definition) is 3. The lowest BCUT2D eigenvalue weighted by atomic mass is 10.1. The van der Waals surface area contributed by atoms with Gasteiger partial charge in [-0.1, -0.05) is 6.07 Å². The van der Waals surface area contributed by atoms with Crippen LogP contribution in [0.2, 0.25) is 0 Å². The molecule has 7 heteroatoms. The quantitative estimate of drug-likeness (QED) is 0.724. The first-order chi connectivity index (χ1) is 11.0. The number of anilines is 1. The molecule has 1 heterocycles. The molecule has 1 atom stereocenters. The average molecular weight is 317 g/mol. The van der Waals surface area contributed by atoms with Crippen molar-refractivity contribution in [1.29, 1.82) is 0 Å². The van der Waals surface area contributed by atoms with Gasteiger partial charge in [0.1, 0.15) is 11.9 Å². The number of halogens is 1. The molecule has 0 saturated heterocycles. The standard InChI is InChI=1S/C16H16FN3O3/c17-12-3-5-13(6-4-12)20-15(21)8-14(16(22)23)19-10-11-2-1-7-18-9-11/h1-7,9,14,19H,8,10H2,(H,20,21)(H,22,23). The summed E-state index contributed by atoms with van der Waals surface area (Å²) in [7, 11) is 0. The molecule has 2 aromatic rings. The van der Waals surface area contributed by atoms with Crippen LogP contribution < -0.4 is 10.6 Å². The van der Waals surface area contributed by atoms with E-state index in [0.29, 0.717) is 5.69 Å². The van der Waals surface area contributed by atoms with Crippen molar-refractivity contribution in [2.45, 2.75) is 19.0 Å². The van der Waals surface area contributed by atoms with Crippen LogP contribution in [0.5, 0.6) is 0 Å². The Labute approximate surface area is 132 Å². The molecule has 0 spiro atoms. The smallest absolute Gasteiger partial charge is 0.321 e. The molecule has 1 unspecified atom stereocenters. The highest BCUT2D eigenvalue weighted by Crippen LogP contribution is 2.09. The minimum absolute atomic E-state index is 0.243. The van der Waals surface area contributed by atoms with Gasteiger partial charge in [0.25, 0.3) is 0 Å². The van der Waals surface area contributed by atoms with Crippen molar-refractivity contribution in [3.05, 3.63) is 60.2 Å². The first-order valence-corrected chi connectivity index (χ1v) is 6.95. The van der Waals surface area contributed by atoms with Gasteiger partial charge in [0.2, 0.25) is 5.91 Å². The highest BCUT2D eigenvalue weighted by molar-refractivity contribution is 5.94. The Balaban J connectivity index is 1.89. The van der Waals surface area contributed by atoms with Gasteiger partial charge in [-0.2, -0.15) is 0 Å². The predicted octanol–water partition coefficient (Wildman–Crippen LogP) is 1.79. The molecule has 0 fully saturated rings. The number of aromatic nitrogens is 1. The highest BCUT2D eigenvalue weighted by Gasteiger charge is 2.20. The molecule has 0 bridgehead atoms. The lowest BCUT2D eigenvalue weighted by molar-refractivity contribution is -0.141. The van der Waals surface area contributed by atoms with Crippen LogP contribution in [0.3, 0.4) is 0 Å². The van der Waals surface area contributed by atoms with Crippen LogP contribution in [0.1, 0.15) is 12.0 Å². The third-order valence-electron chi connectivity index (χ3n) is 3.09. The summed E-state index contributed by atoms with van der Waals surface area (Å²) in [5, 5.41) is 14.5. The predicted molar refractivity (Wildman–Crippen MR) is 82.1 cm³/mol. The number of pyridine rings is 1. The van der Waals surface area contributed by atoms with Crippen molar-refractivity contribution in [2.24, 2.45) is 0 Å². The SMILES string of the molecule is O=C(CC(NCc1cccnc1)C(=O)O)Nc1ccc(F)cc1. The molecule has 1 aromatic carbocycles. The first kappa shape index (κ1) is 16.6. The summed E-state index contributed by atoms with van der Waals surface area (Å²) in [4.78, 5) is 27.1. The Kier molecular flexibility index (Phi) is 5.76. The van der Waals surface area contributed by atoms with Gasteiger partial charge in [-0.3, -0.25) is 19.9 Å². The second-order valence-corrected chi connectivity index (χ2v) is 4.89. The Morgan fingerprint density at radius 1 is 1.22 bits per heavy atom. The number of rotatable bonds is 7. The van der Waals surface area contributed by atoms with E-state index in [1.54, 1.807) is 24.5 Å². The molecule has 0 aliphatic carbocycles. The molecular formula is C16H16FN3O3. The van der Waals surface area contributed by atoms with Crippen molar-refractivity contribution in [2.75, 3.05) is 5.32 Å². The molecule has 1 aromatic heterocycles. The van der Waals surface area contributed by atoms with E-state index in [4.69, 9.17) is 0 Å². The maximum absolute atomic E-state index is 12.8. The largest absolute Gasteiger partial charge is 0.480 e. The molecule has 23 heavy (non-hydrogen) atoms. The number of nitrogens with zero attached hydrogens (tertiary/aromatic N) is 1. The van der Waals surface area contributed by atoms with Crippen molar-refractivity contribution in [3.8, 4) is 0 Å². The maximum atomic E-state index is 12.8. The zero-order valence-electron chi connectivity index (χ0n) is 12.2. The van der Waals surface area contributed by atoms with Crippen LogP contribution in [0.4, 0.5) is 10.1 Å². The Bertz CT molecular complexity index is 662. The number of carbonyl (C=O) groups excluding carboxylic acids is 1. The van der Waals surface area contributed by atoms with E-state index in [-0.39, 0.29) is 13.0 Å². The van der Waals surface area contributed by atoms with Gasteiger partial charge in [0.15, 0.2) is 0 Å². The summed E-state index contributed by atoms with van der Waals surface area (Å²) in [6, 6.07) is 7.76.